The normalized spacial score (nSPS) is 16.4. The Balaban J connectivity index is 1.60. The molecule has 0 unspecified atom stereocenters. The Hall–Kier alpha value is -1.03. The quantitative estimate of drug-likeness (QED) is 0.781. The lowest BCUT2D eigenvalue weighted by molar-refractivity contribution is -0.0421. The van der Waals surface area contributed by atoms with Crippen molar-refractivity contribution < 1.29 is 9.47 Å². The summed E-state index contributed by atoms with van der Waals surface area (Å²) < 4.78 is 10.9. The number of ether oxygens (including phenoxy) is 2. The maximum absolute atomic E-state index is 5.43. The highest BCUT2D eigenvalue weighted by atomic mass is 32.2. The summed E-state index contributed by atoms with van der Waals surface area (Å²) in [6.07, 6.45) is 0.968. The van der Waals surface area contributed by atoms with Crippen molar-refractivity contribution in [3.63, 3.8) is 0 Å². The molecule has 3 rings (SSSR count). The minimum absolute atomic E-state index is 0.0120. The van der Waals surface area contributed by atoms with Crippen molar-refractivity contribution >= 4 is 22.5 Å². The van der Waals surface area contributed by atoms with Crippen molar-refractivity contribution in [2.45, 2.75) is 17.6 Å². The third kappa shape index (κ3) is 2.86. The number of hydrogen-bond donors (Lipinski definition) is 0. The Bertz CT molecular complexity index is 521. The lowest BCUT2D eigenvalue weighted by Crippen LogP contribution is -2.08. The molecule has 0 aromatic heterocycles. The lowest BCUT2D eigenvalue weighted by atomic mass is 10.1. The summed E-state index contributed by atoms with van der Waals surface area (Å²) in [6.45, 7) is 1.48. The number of hydrogen-bond acceptors (Lipinski definition) is 3. The van der Waals surface area contributed by atoms with Crippen LogP contribution in [-0.2, 0) is 9.47 Å². The standard InChI is InChI=1S/C15H16O2S/c1-2-4-13-11-14(6-5-12(13)3-1)18-10-7-15-16-8-9-17-15/h1-6,11,15H,7-10H2. The van der Waals surface area contributed by atoms with Crippen molar-refractivity contribution in [3.8, 4) is 0 Å². The van der Waals surface area contributed by atoms with Crippen LogP contribution in [0, 0.1) is 0 Å². The number of rotatable bonds is 4. The van der Waals surface area contributed by atoms with E-state index in [1.807, 2.05) is 11.8 Å². The molecule has 0 aliphatic carbocycles. The second-order valence-electron chi connectivity index (χ2n) is 4.32. The summed E-state index contributed by atoms with van der Waals surface area (Å²) in [4.78, 5) is 1.31. The monoisotopic (exact) mass is 260 g/mol. The molecule has 0 N–H and O–H groups in total. The van der Waals surface area contributed by atoms with Gasteiger partial charge in [-0.15, -0.1) is 11.8 Å². The lowest BCUT2D eigenvalue weighted by Gasteiger charge is -2.08. The molecule has 1 aliphatic rings. The first kappa shape index (κ1) is 12.0. The zero-order valence-electron chi connectivity index (χ0n) is 10.2. The van der Waals surface area contributed by atoms with Gasteiger partial charge < -0.3 is 9.47 Å². The van der Waals surface area contributed by atoms with Gasteiger partial charge in [0.2, 0.25) is 0 Å². The summed E-state index contributed by atoms with van der Waals surface area (Å²) >= 11 is 1.86. The van der Waals surface area contributed by atoms with Crippen molar-refractivity contribution in [3.05, 3.63) is 42.5 Å². The molecule has 1 saturated heterocycles. The molecular formula is C15H16O2S. The molecule has 94 valence electrons. The highest BCUT2D eigenvalue weighted by molar-refractivity contribution is 7.99. The van der Waals surface area contributed by atoms with Crippen LogP contribution < -0.4 is 0 Å². The van der Waals surface area contributed by atoms with E-state index in [-0.39, 0.29) is 6.29 Å². The largest absolute Gasteiger partial charge is 0.350 e. The number of benzene rings is 2. The van der Waals surface area contributed by atoms with Crippen LogP contribution in [0.25, 0.3) is 10.8 Å². The maximum Gasteiger partial charge on any atom is 0.158 e. The molecule has 2 aromatic rings. The van der Waals surface area contributed by atoms with Crippen LogP contribution >= 0.6 is 11.8 Å². The molecule has 2 nitrogen and oxygen atoms in total. The van der Waals surface area contributed by atoms with Gasteiger partial charge in [0.15, 0.2) is 6.29 Å². The fraction of sp³-hybridized carbons (Fsp3) is 0.333. The zero-order chi connectivity index (χ0) is 12.2. The average Bonchev–Trinajstić information content (AvgIpc) is 2.92. The van der Waals surface area contributed by atoms with Crippen LogP contribution in [0.15, 0.2) is 47.4 Å². The Morgan fingerprint density at radius 1 is 1.00 bits per heavy atom. The molecule has 1 heterocycles. The highest BCUT2D eigenvalue weighted by Gasteiger charge is 2.15. The minimum Gasteiger partial charge on any atom is -0.350 e. The van der Waals surface area contributed by atoms with Crippen molar-refractivity contribution in [1.82, 2.24) is 0 Å². The van der Waals surface area contributed by atoms with Gasteiger partial charge in [-0.05, 0) is 22.9 Å². The van der Waals surface area contributed by atoms with E-state index in [1.54, 1.807) is 0 Å². The summed E-state index contributed by atoms with van der Waals surface area (Å²) in [5, 5.41) is 2.60. The fourth-order valence-corrected chi connectivity index (χ4v) is 3.02. The van der Waals surface area contributed by atoms with Gasteiger partial charge in [0.05, 0.1) is 13.2 Å². The first-order valence-corrected chi connectivity index (χ1v) is 7.25. The van der Waals surface area contributed by atoms with Gasteiger partial charge in [0.1, 0.15) is 0 Å². The van der Waals surface area contributed by atoms with Gasteiger partial charge >= 0.3 is 0 Å². The first-order valence-electron chi connectivity index (χ1n) is 6.27. The van der Waals surface area contributed by atoms with Gasteiger partial charge in [0, 0.05) is 17.1 Å². The molecule has 0 amide bonds. The minimum atomic E-state index is 0.0120. The smallest absolute Gasteiger partial charge is 0.158 e. The molecule has 3 heteroatoms. The van der Waals surface area contributed by atoms with Gasteiger partial charge in [-0.1, -0.05) is 30.3 Å². The molecule has 0 spiro atoms. The van der Waals surface area contributed by atoms with Gasteiger partial charge in [-0.25, -0.2) is 0 Å². The average molecular weight is 260 g/mol. The van der Waals surface area contributed by atoms with E-state index < -0.39 is 0 Å². The van der Waals surface area contributed by atoms with Gasteiger partial charge in [0.25, 0.3) is 0 Å². The van der Waals surface area contributed by atoms with Crippen LogP contribution in [0.4, 0.5) is 0 Å². The maximum atomic E-state index is 5.43. The predicted molar refractivity (Wildman–Crippen MR) is 75.0 cm³/mol. The van der Waals surface area contributed by atoms with E-state index in [9.17, 15) is 0 Å². The summed E-state index contributed by atoms with van der Waals surface area (Å²) in [7, 11) is 0. The molecule has 1 fully saturated rings. The number of fused-ring (bicyclic) bond motifs is 1. The predicted octanol–water partition coefficient (Wildman–Crippen LogP) is 3.69. The van der Waals surface area contributed by atoms with Crippen LogP contribution in [-0.4, -0.2) is 25.3 Å². The molecular weight excluding hydrogens is 244 g/mol. The van der Waals surface area contributed by atoms with Crippen molar-refractivity contribution in [2.75, 3.05) is 19.0 Å². The van der Waals surface area contributed by atoms with Gasteiger partial charge in [-0.2, -0.15) is 0 Å². The Morgan fingerprint density at radius 2 is 1.78 bits per heavy atom. The van der Waals surface area contributed by atoms with E-state index >= 15 is 0 Å². The number of thioether (sulfide) groups is 1. The zero-order valence-corrected chi connectivity index (χ0v) is 11.0. The van der Waals surface area contributed by atoms with E-state index in [0.717, 1.165) is 25.4 Å². The third-order valence-corrected chi connectivity index (χ3v) is 4.06. The second-order valence-corrected chi connectivity index (χ2v) is 5.49. The summed E-state index contributed by atoms with van der Waals surface area (Å²) in [5.74, 6) is 1.03. The van der Waals surface area contributed by atoms with E-state index in [4.69, 9.17) is 9.47 Å². The van der Waals surface area contributed by atoms with E-state index in [1.165, 1.54) is 15.7 Å². The molecule has 0 radical (unpaired) electrons. The topological polar surface area (TPSA) is 18.5 Å². The Labute approximate surface area is 111 Å². The molecule has 0 atom stereocenters. The van der Waals surface area contributed by atoms with Crippen LogP contribution in [0.1, 0.15) is 6.42 Å². The molecule has 0 bridgehead atoms. The molecule has 18 heavy (non-hydrogen) atoms. The summed E-state index contributed by atoms with van der Waals surface area (Å²) in [6, 6.07) is 15.1. The fourth-order valence-electron chi connectivity index (χ4n) is 2.10. The van der Waals surface area contributed by atoms with E-state index in [2.05, 4.69) is 42.5 Å². The van der Waals surface area contributed by atoms with E-state index in [0.29, 0.717) is 0 Å². The SMILES string of the molecule is c1ccc2cc(SCCC3OCCO3)ccc2c1. The van der Waals surface area contributed by atoms with Crippen molar-refractivity contribution in [2.24, 2.45) is 0 Å². The molecule has 1 aliphatic heterocycles. The van der Waals surface area contributed by atoms with Crippen molar-refractivity contribution in [1.29, 1.82) is 0 Å². The molecule has 0 saturated carbocycles. The Kier molecular flexibility index (Phi) is 3.84. The van der Waals surface area contributed by atoms with Gasteiger partial charge in [-0.3, -0.25) is 0 Å². The third-order valence-electron chi connectivity index (χ3n) is 3.03. The van der Waals surface area contributed by atoms with Crippen LogP contribution in [0.3, 0.4) is 0 Å². The first-order chi connectivity index (χ1) is 8.92. The Morgan fingerprint density at radius 3 is 2.61 bits per heavy atom. The molecule has 2 aromatic carbocycles. The second kappa shape index (κ2) is 5.74. The van der Waals surface area contributed by atoms with Crippen LogP contribution in [0.5, 0.6) is 0 Å². The highest BCUT2D eigenvalue weighted by Crippen LogP contribution is 2.25. The van der Waals surface area contributed by atoms with Crippen LogP contribution in [0.2, 0.25) is 0 Å². The summed E-state index contributed by atoms with van der Waals surface area (Å²) in [5.41, 5.74) is 0.